The van der Waals surface area contributed by atoms with E-state index in [0.717, 1.165) is 52.6 Å². The number of nitrogens with two attached hydrogens (primary N) is 2. The molecule has 0 amide bonds. The summed E-state index contributed by atoms with van der Waals surface area (Å²) in [4.78, 5) is 0. The number of hydrogen-bond acceptors (Lipinski definition) is 8. The second-order valence-electron chi connectivity index (χ2n) is 4.11. The van der Waals surface area contributed by atoms with Gasteiger partial charge in [0.1, 0.15) is 0 Å². The molecule has 0 aromatic rings. The van der Waals surface area contributed by atoms with Gasteiger partial charge in [-0.05, 0) is 0 Å². The normalized spacial score (nSPS) is 10.3. The third kappa shape index (κ3) is 61.6. The van der Waals surface area contributed by atoms with Crippen LogP contribution in [-0.2, 0) is 29.3 Å². The Kier molecular flexibility index (Phi) is 28.5. The van der Waals surface area contributed by atoms with Crippen LogP contribution >= 0.6 is 0 Å². The topological polar surface area (TPSA) is 150 Å². The van der Waals surface area contributed by atoms with Crippen molar-refractivity contribution in [1.82, 2.24) is 0 Å². The quantitative estimate of drug-likeness (QED) is 0.204. The number of ether oxygens (including phenoxy) is 4. The maximum absolute atomic E-state index is 8.52. The molecule has 0 aliphatic carbocycles. The summed E-state index contributed by atoms with van der Waals surface area (Å²) in [7, 11) is 1.68. The van der Waals surface area contributed by atoms with Crippen molar-refractivity contribution in [3.8, 4) is 0 Å². The van der Waals surface area contributed by atoms with Gasteiger partial charge in [0, 0.05) is 38.8 Å². The van der Waals surface area contributed by atoms with E-state index in [1.54, 1.807) is 28.4 Å². The van der Waals surface area contributed by atoms with Crippen molar-refractivity contribution >= 4 is 10.4 Å². The monoisotopic (exact) mass is 364 g/mol. The van der Waals surface area contributed by atoms with Gasteiger partial charge in [0.2, 0.25) is 0 Å². The minimum Gasteiger partial charge on any atom is -0.759 e. The SMILES string of the molecule is COCC[NH2+]CCOC.COCC[NH2+]CCOC.O=S(=O)([O-])[O-]. The molecule has 0 fully saturated rings. The van der Waals surface area contributed by atoms with Gasteiger partial charge in [-0.25, -0.2) is 0 Å². The third-order valence-corrected chi connectivity index (χ3v) is 2.10. The van der Waals surface area contributed by atoms with Crippen molar-refractivity contribution in [1.29, 1.82) is 0 Å². The lowest BCUT2D eigenvalue weighted by molar-refractivity contribution is -0.657. The van der Waals surface area contributed by atoms with E-state index in [2.05, 4.69) is 10.6 Å². The molecule has 23 heavy (non-hydrogen) atoms. The van der Waals surface area contributed by atoms with Gasteiger partial charge in [0.15, 0.2) is 0 Å². The van der Waals surface area contributed by atoms with Gasteiger partial charge in [0.25, 0.3) is 0 Å². The van der Waals surface area contributed by atoms with Gasteiger partial charge in [-0.15, -0.1) is 0 Å². The smallest absolute Gasteiger partial charge is 0.0993 e. The number of hydrogen-bond donors (Lipinski definition) is 2. The van der Waals surface area contributed by atoms with Crippen molar-refractivity contribution in [2.24, 2.45) is 0 Å². The molecule has 0 aliphatic rings. The summed E-state index contributed by atoms with van der Waals surface area (Å²) in [6.07, 6.45) is 0. The van der Waals surface area contributed by atoms with Crippen molar-refractivity contribution in [2.45, 2.75) is 0 Å². The molecule has 0 atom stereocenters. The average molecular weight is 364 g/mol. The molecule has 0 unspecified atom stereocenters. The first kappa shape index (κ1) is 27.5. The van der Waals surface area contributed by atoms with E-state index in [1.165, 1.54) is 0 Å². The van der Waals surface area contributed by atoms with Crippen LogP contribution < -0.4 is 10.6 Å². The maximum Gasteiger partial charge on any atom is 0.0993 e. The van der Waals surface area contributed by atoms with Crippen LogP contribution in [0.25, 0.3) is 0 Å². The molecule has 4 N–H and O–H groups in total. The van der Waals surface area contributed by atoms with Crippen LogP contribution in [0.2, 0.25) is 0 Å². The molecule has 0 radical (unpaired) electrons. The molecule has 0 spiro atoms. The molecular formula is C12H32N2O8S. The van der Waals surface area contributed by atoms with Crippen molar-refractivity contribution < 1.29 is 47.1 Å². The molecule has 0 aromatic heterocycles. The Morgan fingerprint density at radius 1 is 0.652 bits per heavy atom. The van der Waals surface area contributed by atoms with E-state index >= 15 is 0 Å². The Morgan fingerprint density at radius 3 is 0.957 bits per heavy atom. The molecule has 11 heteroatoms. The molecule has 0 rings (SSSR count). The molecular weight excluding hydrogens is 332 g/mol. The summed E-state index contributed by atoms with van der Waals surface area (Å²) < 4.78 is 53.5. The zero-order valence-corrected chi connectivity index (χ0v) is 15.3. The van der Waals surface area contributed by atoms with E-state index < -0.39 is 10.4 Å². The fourth-order valence-corrected chi connectivity index (χ4v) is 1.09. The van der Waals surface area contributed by atoms with E-state index in [-0.39, 0.29) is 0 Å². The fraction of sp³-hybridized carbons (Fsp3) is 1.00. The van der Waals surface area contributed by atoms with Crippen LogP contribution in [0, 0.1) is 0 Å². The van der Waals surface area contributed by atoms with Gasteiger partial charge in [-0.3, -0.25) is 8.42 Å². The first-order valence-electron chi connectivity index (χ1n) is 7.09. The summed E-state index contributed by atoms with van der Waals surface area (Å²) in [6.45, 7) is 7.40. The van der Waals surface area contributed by atoms with Crippen molar-refractivity contribution in [3.63, 3.8) is 0 Å². The molecule has 0 saturated carbocycles. The van der Waals surface area contributed by atoms with Crippen molar-refractivity contribution in [2.75, 3.05) is 81.0 Å². The zero-order valence-electron chi connectivity index (χ0n) is 14.5. The summed E-state index contributed by atoms with van der Waals surface area (Å²) in [5.41, 5.74) is 0. The lowest BCUT2D eigenvalue weighted by Crippen LogP contribution is -2.86. The molecule has 144 valence electrons. The molecule has 0 saturated heterocycles. The number of quaternary nitrogens is 2. The Morgan fingerprint density at radius 2 is 0.826 bits per heavy atom. The summed E-state index contributed by atoms with van der Waals surface area (Å²) >= 11 is 0. The maximum atomic E-state index is 8.52. The Hall–Kier alpha value is -0.370. The minimum absolute atomic E-state index is 0.823. The lowest BCUT2D eigenvalue weighted by atomic mass is 10.6. The van der Waals surface area contributed by atoms with E-state index in [0.29, 0.717) is 0 Å². The van der Waals surface area contributed by atoms with Gasteiger partial charge >= 0.3 is 0 Å². The van der Waals surface area contributed by atoms with Crippen molar-refractivity contribution in [3.05, 3.63) is 0 Å². The Labute approximate surface area is 139 Å². The predicted molar refractivity (Wildman–Crippen MR) is 81.3 cm³/mol. The molecule has 0 bridgehead atoms. The molecule has 0 aliphatic heterocycles. The highest BCUT2D eigenvalue weighted by atomic mass is 32.3. The summed E-state index contributed by atoms with van der Waals surface area (Å²) in [6, 6.07) is 0. The van der Waals surface area contributed by atoms with Gasteiger partial charge in [-0.2, -0.15) is 0 Å². The van der Waals surface area contributed by atoms with E-state index in [9.17, 15) is 0 Å². The number of rotatable bonds is 12. The third-order valence-electron chi connectivity index (χ3n) is 2.10. The van der Waals surface area contributed by atoms with Crippen LogP contribution in [0.3, 0.4) is 0 Å². The highest BCUT2D eigenvalue weighted by Crippen LogP contribution is 1.59. The van der Waals surface area contributed by atoms with Crippen LogP contribution in [-0.4, -0.2) is 98.6 Å². The molecule has 10 nitrogen and oxygen atoms in total. The second kappa shape index (κ2) is 23.9. The largest absolute Gasteiger partial charge is 0.759 e. The van der Waals surface area contributed by atoms with E-state index in [4.69, 9.17) is 36.5 Å². The van der Waals surface area contributed by atoms with Crippen LogP contribution in [0.15, 0.2) is 0 Å². The lowest BCUT2D eigenvalue weighted by Gasteiger charge is -2.06. The first-order chi connectivity index (χ1) is 10.8. The highest BCUT2D eigenvalue weighted by molar-refractivity contribution is 7.79. The van der Waals surface area contributed by atoms with Gasteiger partial charge in [0.05, 0.1) is 52.6 Å². The summed E-state index contributed by atoms with van der Waals surface area (Å²) in [5.74, 6) is 0. The predicted octanol–water partition coefficient (Wildman–Crippen LogP) is -3.65. The zero-order chi connectivity index (χ0) is 18.4. The average Bonchev–Trinajstić information content (AvgIpc) is 2.46. The van der Waals surface area contributed by atoms with E-state index in [1.807, 2.05) is 0 Å². The second-order valence-corrected chi connectivity index (χ2v) is 4.93. The van der Waals surface area contributed by atoms with Crippen LogP contribution in [0.4, 0.5) is 0 Å². The molecule has 0 heterocycles. The minimum atomic E-state index is -5.17. The highest BCUT2D eigenvalue weighted by Gasteiger charge is 1.87. The Balaban J connectivity index is -0.000000273. The van der Waals surface area contributed by atoms with Crippen LogP contribution in [0.1, 0.15) is 0 Å². The Bertz CT molecular complexity index is 257. The fourth-order valence-electron chi connectivity index (χ4n) is 1.09. The first-order valence-corrected chi connectivity index (χ1v) is 8.42. The van der Waals surface area contributed by atoms with Gasteiger partial charge in [-0.1, -0.05) is 0 Å². The number of methoxy groups -OCH3 is 4. The standard InChI is InChI=1S/2C6H15NO2.H2O4S/c2*1-8-5-3-7-4-6-9-2;1-5(2,3)4/h2*7H,3-6H2,1-2H3;(H2,1,2,3,4). The molecule has 0 aromatic carbocycles. The van der Waals surface area contributed by atoms with Gasteiger partial charge < -0.3 is 38.7 Å². The van der Waals surface area contributed by atoms with Crippen LogP contribution in [0.5, 0.6) is 0 Å². The summed E-state index contributed by atoms with van der Waals surface area (Å²) in [5, 5.41) is 4.35.